The van der Waals surface area contributed by atoms with Crippen molar-refractivity contribution in [3.63, 3.8) is 0 Å². The molecular formula is C15H17NO4S. The number of ether oxygens (including phenoxy) is 1. The van der Waals surface area contributed by atoms with Crippen LogP contribution < -0.4 is 9.46 Å². The molecule has 0 bridgehead atoms. The zero-order chi connectivity index (χ0) is 15.6. The van der Waals surface area contributed by atoms with Gasteiger partial charge in [0.15, 0.2) is 0 Å². The van der Waals surface area contributed by atoms with Crippen LogP contribution in [0.2, 0.25) is 0 Å². The number of aromatic hydroxyl groups is 1. The minimum absolute atomic E-state index is 0.0716. The number of phenolic OH excluding ortho intramolecular Hbond substituents is 1. The molecule has 0 aromatic heterocycles. The normalized spacial score (nSPS) is 11.2. The molecule has 0 fully saturated rings. The predicted octanol–water partition coefficient (Wildman–Crippen LogP) is 2.82. The first-order valence-electron chi connectivity index (χ1n) is 6.30. The van der Waals surface area contributed by atoms with Crippen molar-refractivity contribution in [1.82, 2.24) is 0 Å². The summed E-state index contributed by atoms with van der Waals surface area (Å²) in [6, 6.07) is 9.39. The molecule has 0 saturated heterocycles. The largest absolute Gasteiger partial charge is 0.505 e. The fourth-order valence-corrected chi connectivity index (χ4v) is 3.05. The van der Waals surface area contributed by atoms with Gasteiger partial charge in [0.2, 0.25) is 0 Å². The van der Waals surface area contributed by atoms with E-state index < -0.39 is 10.0 Å². The van der Waals surface area contributed by atoms with E-state index in [-0.39, 0.29) is 16.3 Å². The first-order chi connectivity index (χ1) is 9.83. The second-order valence-electron chi connectivity index (χ2n) is 4.76. The third kappa shape index (κ3) is 3.28. The Morgan fingerprint density at radius 2 is 1.71 bits per heavy atom. The van der Waals surface area contributed by atoms with Gasteiger partial charge in [-0.15, -0.1) is 0 Å². The third-order valence-corrected chi connectivity index (χ3v) is 4.44. The van der Waals surface area contributed by atoms with Crippen molar-refractivity contribution in [2.75, 3.05) is 11.8 Å². The number of benzene rings is 2. The summed E-state index contributed by atoms with van der Waals surface area (Å²) in [6.07, 6.45) is 0. The summed E-state index contributed by atoms with van der Waals surface area (Å²) in [5.74, 6) is 0.501. The van der Waals surface area contributed by atoms with Gasteiger partial charge >= 0.3 is 0 Å². The van der Waals surface area contributed by atoms with Crippen LogP contribution in [0.5, 0.6) is 11.5 Å². The highest BCUT2D eigenvalue weighted by atomic mass is 32.2. The molecule has 0 heterocycles. The Kier molecular flexibility index (Phi) is 4.09. The zero-order valence-corrected chi connectivity index (χ0v) is 12.9. The number of phenols is 1. The Hall–Kier alpha value is -2.21. The van der Waals surface area contributed by atoms with Gasteiger partial charge in [0.05, 0.1) is 17.7 Å². The summed E-state index contributed by atoms with van der Waals surface area (Å²) in [5.41, 5.74) is 1.64. The van der Waals surface area contributed by atoms with Crippen LogP contribution in [-0.4, -0.2) is 20.6 Å². The maximum atomic E-state index is 12.3. The lowest BCUT2D eigenvalue weighted by molar-refractivity contribution is 0.414. The van der Waals surface area contributed by atoms with Gasteiger partial charge in [-0.2, -0.15) is 0 Å². The molecular weight excluding hydrogens is 290 g/mol. The van der Waals surface area contributed by atoms with Crippen LogP contribution in [-0.2, 0) is 10.0 Å². The smallest absolute Gasteiger partial charge is 0.262 e. The number of rotatable bonds is 4. The molecule has 0 aliphatic rings. The van der Waals surface area contributed by atoms with Gasteiger partial charge < -0.3 is 9.84 Å². The number of anilines is 1. The molecule has 6 heteroatoms. The lowest BCUT2D eigenvalue weighted by Crippen LogP contribution is -2.13. The third-order valence-electron chi connectivity index (χ3n) is 3.06. The molecule has 0 aliphatic carbocycles. The monoisotopic (exact) mass is 307 g/mol. The van der Waals surface area contributed by atoms with Crippen LogP contribution in [0.25, 0.3) is 0 Å². The lowest BCUT2D eigenvalue weighted by atomic mass is 10.1. The van der Waals surface area contributed by atoms with E-state index in [1.165, 1.54) is 19.2 Å². The minimum atomic E-state index is -3.76. The fraction of sp³-hybridized carbons (Fsp3) is 0.200. The standard InChI is InChI=1S/C15H17NO4S/c1-10-8-11(2)15(17)14(9-10)16-21(18,19)13-6-4-12(20-3)5-7-13/h4-9,16-17H,1-3H3. The Morgan fingerprint density at radius 1 is 1.10 bits per heavy atom. The molecule has 0 amide bonds. The van der Waals surface area contributed by atoms with Crippen molar-refractivity contribution in [1.29, 1.82) is 0 Å². The van der Waals surface area contributed by atoms with Crippen LogP contribution >= 0.6 is 0 Å². The van der Waals surface area contributed by atoms with Crippen LogP contribution in [0, 0.1) is 13.8 Å². The summed E-state index contributed by atoms with van der Waals surface area (Å²) >= 11 is 0. The Labute approximate surface area is 124 Å². The summed E-state index contributed by atoms with van der Waals surface area (Å²) < 4.78 is 32.0. The molecule has 0 spiro atoms. The Bertz CT molecular complexity index is 752. The second-order valence-corrected chi connectivity index (χ2v) is 6.44. The number of hydrogen-bond acceptors (Lipinski definition) is 4. The van der Waals surface area contributed by atoms with E-state index in [9.17, 15) is 13.5 Å². The molecule has 0 unspecified atom stereocenters. The van der Waals surface area contributed by atoms with Crippen molar-refractivity contribution < 1.29 is 18.3 Å². The molecule has 0 atom stereocenters. The van der Waals surface area contributed by atoms with Gasteiger partial charge in [0.25, 0.3) is 10.0 Å². The molecule has 2 rings (SSSR count). The van der Waals surface area contributed by atoms with Crippen molar-refractivity contribution in [3.8, 4) is 11.5 Å². The van der Waals surface area contributed by atoms with E-state index in [2.05, 4.69) is 4.72 Å². The fourth-order valence-electron chi connectivity index (χ4n) is 2.00. The highest BCUT2D eigenvalue weighted by Gasteiger charge is 2.17. The zero-order valence-electron chi connectivity index (χ0n) is 12.0. The van der Waals surface area contributed by atoms with Crippen molar-refractivity contribution >= 4 is 15.7 Å². The average Bonchev–Trinajstić information content (AvgIpc) is 2.44. The number of aryl methyl sites for hydroxylation is 2. The maximum absolute atomic E-state index is 12.3. The van der Waals surface area contributed by atoms with Crippen LogP contribution in [0.4, 0.5) is 5.69 Å². The summed E-state index contributed by atoms with van der Waals surface area (Å²) in [7, 11) is -2.25. The number of nitrogens with one attached hydrogen (secondary N) is 1. The molecule has 2 aromatic carbocycles. The van der Waals surface area contributed by atoms with Gasteiger partial charge in [0, 0.05) is 0 Å². The number of sulfonamides is 1. The van der Waals surface area contributed by atoms with Crippen LogP contribution in [0.1, 0.15) is 11.1 Å². The van der Waals surface area contributed by atoms with E-state index in [1.54, 1.807) is 31.2 Å². The molecule has 112 valence electrons. The van der Waals surface area contributed by atoms with Crippen molar-refractivity contribution in [3.05, 3.63) is 47.5 Å². The van der Waals surface area contributed by atoms with Gasteiger partial charge in [-0.25, -0.2) is 8.42 Å². The second kappa shape index (κ2) is 5.65. The van der Waals surface area contributed by atoms with E-state index >= 15 is 0 Å². The highest BCUT2D eigenvalue weighted by molar-refractivity contribution is 7.92. The first kappa shape index (κ1) is 15.2. The molecule has 21 heavy (non-hydrogen) atoms. The summed E-state index contributed by atoms with van der Waals surface area (Å²) in [4.78, 5) is 0.0989. The highest BCUT2D eigenvalue weighted by Crippen LogP contribution is 2.30. The average molecular weight is 307 g/mol. The number of hydrogen-bond donors (Lipinski definition) is 2. The van der Waals surface area contributed by atoms with Gasteiger partial charge in [-0.1, -0.05) is 6.07 Å². The number of methoxy groups -OCH3 is 1. The molecule has 0 radical (unpaired) electrons. The molecule has 0 aliphatic heterocycles. The van der Waals surface area contributed by atoms with Gasteiger partial charge in [-0.05, 0) is 55.3 Å². The minimum Gasteiger partial charge on any atom is -0.505 e. The van der Waals surface area contributed by atoms with Crippen LogP contribution in [0.3, 0.4) is 0 Å². The van der Waals surface area contributed by atoms with Crippen LogP contribution in [0.15, 0.2) is 41.3 Å². The maximum Gasteiger partial charge on any atom is 0.262 e. The van der Waals surface area contributed by atoms with E-state index in [0.717, 1.165) is 5.56 Å². The topological polar surface area (TPSA) is 75.6 Å². The lowest BCUT2D eigenvalue weighted by Gasteiger charge is -2.12. The van der Waals surface area contributed by atoms with E-state index in [1.807, 2.05) is 6.92 Å². The quantitative estimate of drug-likeness (QED) is 0.852. The SMILES string of the molecule is COc1ccc(S(=O)(=O)Nc2cc(C)cc(C)c2O)cc1. The van der Waals surface area contributed by atoms with Crippen molar-refractivity contribution in [2.24, 2.45) is 0 Å². The molecule has 0 saturated carbocycles. The Morgan fingerprint density at radius 3 is 2.29 bits per heavy atom. The van der Waals surface area contributed by atoms with Gasteiger partial charge in [0.1, 0.15) is 11.5 Å². The predicted molar refractivity (Wildman–Crippen MR) is 81.4 cm³/mol. The molecule has 5 nitrogen and oxygen atoms in total. The molecule has 2 aromatic rings. The summed E-state index contributed by atoms with van der Waals surface area (Å²) in [6.45, 7) is 3.55. The molecule has 2 N–H and O–H groups in total. The van der Waals surface area contributed by atoms with Gasteiger partial charge in [-0.3, -0.25) is 4.72 Å². The Balaban J connectivity index is 2.37. The van der Waals surface area contributed by atoms with E-state index in [4.69, 9.17) is 4.74 Å². The van der Waals surface area contributed by atoms with Crippen molar-refractivity contribution in [2.45, 2.75) is 18.7 Å². The first-order valence-corrected chi connectivity index (χ1v) is 7.79. The summed E-state index contributed by atoms with van der Waals surface area (Å²) in [5, 5.41) is 9.97. The van der Waals surface area contributed by atoms with E-state index in [0.29, 0.717) is 11.3 Å².